The lowest BCUT2D eigenvalue weighted by Crippen LogP contribution is -2.67. The van der Waals surface area contributed by atoms with Crippen LogP contribution in [-0.2, 0) is 40.7 Å². The van der Waals surface area contributed by atoms with Crippen LogP contribution in [0.25, 0.3) is 0 Å². The zero-order valence-electron chi connectivity index (χ0n) is 21.1. The molecule has 8 heterocycles. The first kappa shape index (κ1) is 23.0. The molecule has 0 spiro atoms. The van der Waals surface area contributed by atoms with E-state index in [0.29, 0.717) is 0 Å². The summed E-state index contributed by atoms with van der Waals surface area (Å²) in [5.41, 5.74) is 2.85. The van der Waals surface area contributed by atoms with Crippen LogP contribution in [0.4, 0.5) is 0 Å². The first-order chi connectivity index (χ1) is 15.8. The van der Waals surface area contributed by atoms with Crippen molar-refractivity contribution in [2.24, 2.45) is 0 Å². The zero-order valence-corrected chi connectivity index (χ0v) is 22.8. The van der Waals surface area contributed by atoms with Gasteiger partial charge in [-0.15, -0.1) is 0 Å². The second kappa shape index (κ2) is 6.83. The van der Waals surface area contributed by atoms with Crippen LogP contribution in [-0.4, -0.2) is 45.5 Å². The molecule has 0 aliphatic carbocycles. The molecule has 6 nitrogen and oxygen atoms in total. The van der Waals surface area contributed by atoms with E-state index in [4.69, 9.17) is 28.4 Å². The topological polar surface area (TPSA) is 55.4 Å². The maximum atomic E-state index is 6.64. The van der Waals surface area contributed by atoms with Gasteiger partial charge in [-0.05, 0) is 80.8 Å². The molecular weight excluding hydrogens is 470 g/mol. The van der Waals surface area contributed by atoms with Crippen LogP contribution in [0.15, 0.2) is 24.3 Å². The molecule has 0 saturated carbocycles. The van der Waals surface area contributed by atoms with E-state index in [0.717, 1.165) is 38.0 Å². The van der Waals surface area contributed by atoms with Crippen LogP contribution in [0.2, 0.25) is 0 Å². The Morgan fingerprint density at radius 3 is 1.41 bits per heavy atom. The van der Waals surface area contributed by atoms with Gasteiger partial charge in [-0.1, -0.05) is 24.3 Å². The highest BCUT2D eigenvalue weighted by Crippen LogP contribution is 2.77. The van der Waals surface area contributed by atoms with Crippen LogP contribution in [0, 0.1) is 0 Å². The summed E-state index contributed by atoms with van der Waals surface area (Å²) in [6.07, 6.45) is 4.94. The minimum Gasteiger partial charge on any atom is -0.341 e. The summed E-state index contributed by atoms with van der Waals surface area (Å²) in [5.74, 6) is -1.05. The molecule has 1 aromatic carbocycles. The molecule has 8 aliphatic heterocycles. The Bertz CT molecular complexity index is 927. The zero-order chi connectivity index (χ0) is 23.8. The Labute approximate surface area is 204 Å². The van der Waals surface area contributed by atoms with Gasteiger partial charge in [-0.2, -0.15) is 0 Å². The van der Waals surface area contributed by atoms with Gasteiger partial charge in [-0.3, -0.25) is 0 Å². The van der Waals surface area contributed by atoms with Crippen LogP contribution < -0.4 is 0 Å². The molecule has 0 N–H and O–H groups in total. The molecule has 8 aliphatic rings. The lowest BCUT2D eigenvalue weighted by atomic mass is 10.0. The van der Waals surface area contributed by atoms with E-state index in [9.17, 15) is 0 Å². The predicted octanol–water partition coefficient (Wildman–Crippen LogP) is 6.34. The third-order valence-corrected chi connectivity index (χ3v) is 15.8. The van der Waals surface area contributed by atoms with Gasteiger partial charge < -0.3 is 28.4 Å². The summed E-state index contributed by atoms with van der Waals surface area (Å²) >= 11 is 0. The smallest absolute Gasteiger partial charge is 0.172 e. The SMILES string of the molecule is CC12CC3(C)OC(CC(C)(O1)P3Cc1ccccc1CP1C3(C)CC4(C)OC(CC1(C)O4)O3)O2. The second-order valence-corrected chi connectivity index (χ2v) is 18.3. The lowest BCUT2D eigenvalue weighted by molar-refractivity contribution is -0.429. The number of benzene rings is 1. The molecule has 10 atom stereocenters. The van der Waals surface area contributed by atoms with E-state index in [1.54, 1.807) is 0 Å². The van der Waals surface area contributed by atoms with Crippen molar-refractivity contribution in [2.75, 3.05) is 0 Å². The summed E-state index contributed by atoms with van der Waals surface area (Å²) in [4.78, 5) is 0. The predicted molar refractivity (Wildman–Crippen MR) is 131 cm³/mol. The Kier molecular flexibility index (Phi) is 4.62. The fourth-order valence-corrected chi connectivity index (χ4v) is 15.4. The van der Waals surface area contributed by atoms with Crippen molar-refractivity contribution < 1.29 is 28.4 Å². The summed E-state index contributed by atoms with van der Waals surface area (Å²) < 4.78 is 38.5. The molecule has 8 heteroatoms. The Morgan fingerprint density at radius 1 is 0.647 bits per heavy atom. The molecule has 186 valence electrons. The summed E-state index contributed by atoms with van der Waals surface area (Å²) in [7, 11) is -1.13. The lowest BCUT2D eigenvalue weighted by Gasteiger charge is -2.67. The minimum atomic E-state index is -0.563. The van der Waals surface area contributed by atoms with Crippen molar-refractivity contribution in [3.05, 3.63) is 35.4 Å². The van der Waals surface area contributed by atoms with E-state index < -0.39 is 27.4 Å². The van der Waals surface area contributed by atoms with Gasteiger partial charge in [-0.25, -0.2) is 0 Å². The minimum absolute atomic E-state index is 0.147. The average molecular weight is 507 g/mol. The van der Waals surface area contributed by atoms with Crippen LogP contribution >= 0.6 is 15.8 Å². The standard InChI is InChI=1S/C26H36O6P2/c1-21-15-25(5)29-19(27-21)11-23(3,31-21)33(25)13-17-9-7-8-10-18(17)14-34-24(4)12-20-28-22(2,32-24)16-26(34,6)30-20/h7-10,19-20H,11-16H2,1-6H3. The average Bonchev–Trinajstić information content (AvgIpc) is 2.64. The normalized spacial score (nSPS) is 56.9. The van der Waals surface area contributed by atoms with Crippen molar-refractivity contribution >= 4 is 15.8 Å². The van der Waals surface area contributed by atoms with Gasteiger partial charge in [0.2, 0.25) is 0 Å². The Balaban J connectivity index is 1.20. The molecule has 34 heavy (non-hydrogen) atoms. The quantitative estimate of drug-likeness (QED) is 0.444. The van der Waals surface area contributed by atoms with Gasteiger partial charge >= 0.3 is 0 Å². The first-order valence-electron chi connectivity index (χ1n) is 12.6. The van der Waals surface area contributed by atoms with E-state index in [2.05, 4.69) is 65.8 Å². The highest BCUT2D eigenvalue weighted by Gasteiger charge is 2.68. The number of hydrogen-bond donors (Lipinski definition) is 0. The van der Waals surface area contributed by atoms with E-state index in [1.165, 1.54) is 11.1 Å². The molecule has 0 amide bonds. The highest BCUT2D eigenvalue weighted by atomic mass is 31.1. The molecule has 0 aromatic heterocycles. The summed E-state index contributed by atoms with van der Waals surface area (Å²) in [5, 5.41) is -0.740. The highest BCUT2D eigenvalue weighted by molar-refractivity contribution is 7.60. The molecule has 0 radical (unpaired) electrons. The maximum absolute atomic E-state index is 6.64. The van der Waals surface area contributed by atoms with Crippen molar-refractivity contribution in [2.45, 2.75) is 125 Å². The largest absolute Gasteiger partial charge is 0.341 e. The van der Waals surface area contributed by atoms with E-state index in [-0.39, 0.29) is 33.9 Å². The van der Waals surface area contributed by atoms with E-state index in [1.807, 2.05) is 0 Å². The molecule has 8 fully saturated rings. The van der Waals surface area contributed by atoms with Gasteiger partial charge in [0.25, 0.3) is 0 Å². The third kappa shape index (κ3) is 3.23. The Morgan fingerprint density at radius 2 is 1.06 bits per heavy atom. The van der Waals surface area contributed by atoms with Crippen LogP contribution in [0.3, 0.4) is 0 Å². The van der Waals surface area contributed by atoms with Crippen LogP contribution in [0.5, 0.6) is 0 Å². The molecule has 10 unspecified atom stereocenters. The fraction of sp³-hybridized carbons (Fsp3) is 0.769. The Hall–Kier alpha value is -0.160. The number of ether oxygens (including phenoxy) is 6. The monoisotopic (exact) mass is 506 g/mol. The number of rotatable bonds is 4. The molecular formula is C26H36O6P2. The first-order valence-corrected chi connectivity index (χ1v) is 15.6. The van der Waals surface area contributed by atoms with Gasteiger partial charge in [0, 0.05) is 25.7 Å². The van der Waals surface area contributed by atoms with Crippen molar-refractivity contribution in [3.63, 3.8) is 0 Å². The second-order valence-electron chi connectivity index (χ2n) is 12.2. The molecule has 9 rings (SSSR count). The fourth-order valence-electron chi connectivity index (χ4n) is 7.97. The number of hydrogen-bond acceptors (Lipinski definition) is 6. The summed E-state index contributed by atoms with van der Waals surface area (Å²) in [6.45, 7) is 13.3. The van der Waals surface area contributed by atoms with Gasteiger partial charge in [0.05, 0.1) is 21.4 Å². The third-order valence-electron chi connectivity index (χ3n) is 8.85. The van der Waals surface area contributed by atoms with Crippen molar-refractivity contribution in [1.82, 2.24) is 0 Å². The molecule has 8 saturated heterocycles. The van der Waals surface area contributed by atoms with Crippen LogP contribution in [0.1, 0.15) is 78.4 Å². The molecule has 8 bridgehead atoms. The van der Waals surface area contributed by atoms with E-state index >= 15 is 0 Å². The van der Waals surface area contributed by atoms with Crippen molar-refractivity contribution in [1.29, 1.82) is 0 Å². The summed E-state index contributed by atoms with van der Waals surface area (Å²) in [6, 6.07) is 8.99. The molecule has 1 aromatic rings. The maximum Gasteiger partial charge on any atom is 0.172 e. The van der Waals surface area contributed by atoms with Gasteiger partial charge in [0.15, 0.2) is 24.2 Å². The van der Waals surface area contributed by atoms with Crippen molar-refractivity contribution in [3.8, 4) is 0 Å². The van der Waals surface area contributed by atoms with Gasteiger partial charge in [0.1, 0.15) is 0 Å².